The van der Waals surface area contributed by atoms with Crippen LogP contribution < -0.4 is 15.4 Å². The van der Waals surface area contributed by atoms with Gasteiger partial charge in [-0.15, -0.1) is 0 Å². The van der Waals surface area contributed by atoms with Gasteiger partial charge in [0.05, 0.1) is 4.90 Å². The van der Waals surface area contributed by atoms with Gasteiger partial charge in [-0.1, -0.05) is 45.7 Å². The third kappa shape index (κ3) is 7.25. The smallest absolute Gasteiger partial charge is 0.264 e. The number of anilines is 1. The Morgan fingerprint density at radius 3 is 2.12 bits per heavy atom. The van der Waals surface area contributed by atoms with Crippen LogP contribution in [-0.2, 0) is 20.2 Å². The number of ether oxygens (including phenoxy) is 1. The average Bonchev–Trinajstić information content (AvgIpc) is 3.08. The number of carbonyl (C=O) groups excluding carboxylic acids is 1. The van der Waals surface area contributed by atoms with Crippen molar-refractivity contribution in [2.75, 3.05) is 25.0 Å². The topological polar surface area (TPSA) is 87.7 Å². The van der Waals surface area contributed by atoms with E-state index in [1.807, 2.05) is 24.3 Å². The van der Waals surface area contributed by atoms with Crippen LogP contribution in [0.3, 0.4) is 0 Å². The number of amides is 1. The van der Waals surface area contributed by atoms with Crippen molar-refractivity contribution in [3.05, 3.63) is 54.1 Å². The van der Waals surface area contributed by atoms with Gasteiger partial charge in [-0.2, -0.15) is 4.31 Å². The number of rotatable bonds is 6. The van der Waals surface area contributed by atoms with Crippen LogP contribution in [0.15, 0.2) is 53.4 Å². The highest BCUT2D eigenvalue weighted by molar-refractivity contribution is 7.89. The maximum absolute atomic E-state index is 12.9. The zero-order valence-electron chi connectivity index (χ0n) is 20.0. The third-order valence-corrected chi connectivity index (χ3v) is 7.78. The quantitative estimate of drug-likeness (QED) is 0.567. The Labute approximate surface area is 207 Å². The van der Waals surface area contributed by atoms with Crippen molar-refractivity contribution in [1.82, 2.24) is 9.62 Å². The molecule has 9 heteroatoms. The fourth-order valence-corrected chi connectivity index (χ4v) is 5.42. The summed E-state index contributed by atoms with van der Waals surface area (Å²) >= 11 is 5.20. The van der Waals surface area contributed by atoms with Gasteiger partial charge in [0, 0.05) is 18.8 Å². The van der Waals surface area contributed by atoms with Gasteiger partial charge in [-0.05, 0) is 72.4 Å². The first-order chi connectivity index (χ1) is 16.1. The molecule has 1 aliphatic rings. The Kier molecular flexibility index (Phi) is 8.67. The molecule has 2 N–H and O–H groups in total. The Morgan fingerprint density at radius 2 is 1.56 bits per heavy atom. The van der Waals surface area contributed by atoms with Crippen LogP contribution in [-0.4, -0.2) is 43.4 Å². The SMILES string of the molecule is CC(C)(C)c1ccc(OCC(=O)NC(=S)Nc2ccc(S(=O)(=O)N3CCCCCC3)cc2)cc1. The van der Waals surface area contributed by atoms with E-state index in [2.05, 4.69) is 31.4 Å². The van der Waals surface area contributed by atoms with Crippen molar-refractivity contribution in [2.24, 2.45) is 0 Å². The maximum Gasteiger partial charge on any atom is 0.264 e. The van der Waals surface area contributed by atoms with Crippen LogP contribution in [0.2, 0.25) is 0 Å². The molecule has 3 rings (SSSR count). The van der Waals surface area contributed by atoms with Gasteiger partial charge in [0.25, 0.3) is 5.91 Å². The summed E-state index contributed by atoms with van der Waals surface area (Å²) in [6.07, 6.45) is 3.90. The van der Waals surface area contributed by atoms with E-state index in [1.165, 1.54) is 5.56 Å². The van der Waals surface area contributed by atoms with Crippen molar-refractivity contribution in [3.8, 4) is 5.75 Å². The highest BCUT2D eigenvalue weighted by Crippen LogP contribution is 2.24. The first-order valence-corrected chi connectivity index (χ1v) is 13.3. The van der Waals surface area contributed by atoms with Crippen LogP contribution in [0.4, 0.5) is 5.69 Å². The van der Waals surface area contributed by atoms with Gasteiger partial charge in [-0.3, -0.25) is 10.1 Å². The van der Waals surface area contributed by atoms with Crippen molar-refractivity contribution >= 4 is 38.9 Å². The van der Waals surface area contributed by atoms with Gasteiger partial charge in [-0.25, -0.2) is 8.42 Å². The second-order valence-corrected chi connectivity index (χ2v) is 11.8. The summed E-state index contributed by atoms with van der Waals surface area (Å²) in [6.45, 7) is 7.33. The normalized spacial score (nSPS) is 15.3. The number of benzene rings is 2. The van der Waals surface area contributed by atoms with Gasteiger partial charge in [0.15, 0.2) is 11.7 Å². The molecule has 0 aliphatic carbocycles. The number of nitrogens with one attached hydrogen (secondary N) is 2. The van der Waals surface area contributed by atoms with E-state index in [9.17, 15) is 13.2 Å². The molecule has 0 atom stereocenters. The Balaban J connectivity index is 1.49. The standard InChI is InChI=1S/C25H33N3O4S2/c1-25(2,3)19-8-12-21(13-9-19)32-18-23(29)27-24(33)26-20-10-14-22(15-11-20)34(30,31)28-16-6-4-5-7-17-28/h8-15H,4-7,16-18H2,1-3H3,(H2,26,27,29,33). The predicted molar refractivity (Wildman–Crippen MR) is 139 cm³/mol. The molecule has 2 aromatic carbocycles. The van der Waals surface area contributed by atoms with Crippen LogP contribution in [0.25, 0.3) is 0 Å². The first kappa shape index (κ1) is 26.1. The average molecular weight is 504 g/mol. The molecule has 0 aromatic heterocycles. The van der Waals surface area contributed by atoms with Crippen LogP contribution in [0, 0.1) is 0 Å². The second-order valence-electron chi connectivity index (χ2n) is 9.41. The minimum atomic E-state index is -3.51. The molecular formula is C25H33N3O4S2. The number of hydrogen-bond donors (Lipinski definition) is 2. The molecule has 2 aromatic rings. The van der Waals surface area contributed by atoms with Crippen LogP contribution in [0.5, 0.6) is 5.75 Å². The highest BCUT2D eigenvalue weighted by atomic mass is 32.2. The molecule has 0 spiro atoms. The zero-order chi connectivity index (χ0) is 24.8. The minimum Gasteiger partial charge on any atom is -0.484 e. The predicted octanol–water partition coefficient (Wildman–Crippen LogP) is 4.44. The fourth-order valence-electron chi connectivity index (χ4n) is 3.67. The molecule has 34 heavy (non-hydrogen) atoms. The number of sulfonamides is 1. The molecule has 1 amide bonds. The van der Waals surface area contributed by atoms with Crippen LogP contribution >= 0.6 is 12.2 Å². The van der Waals surface area contributed by atoms with Crippen molar-refractivity contribution < 1.29 is 17.9 Å². The Hall–Kier alpha value is -2.49. The van der Waals surface area contributed by atoms with E-state index < -0.39 is 15.9 Å². The molecule has 0 radical (unpaired) electrons. The Morgan fingerprint density at radius 1 is 0.971 bits per heavy atom. The summed E-state index contributed by atoms with van der Waals surface area (Å²) in [5, 5.41) is 5.58. The van der Waals surface area contributed by atoms with Gasteiger partial charge >= 0.3 is 0 Å². The van der Waals surface area contributed by atoms with Gasteiger partial charge in [0.2, 0.25) is 10.0 Å². The van der Waals surface area contributed by atoms with E-state index in [0.29, 0.717) is 24.5 Å². The Bertz CT molecular complexity index is 1080. The monoisotopic (exact) mass is 503 g/mol. The van der Waals surface area contributed by atoms with E-state index in [1.54, 1.807) is 28.6 Å². The van der Waals surface area contributed by atoms with E-state index in [-0.39, 0.29) is 22.0 Å². The molecule has 7 nitrogen and oxygen atoms in total. The molecular weight excluding hydrogens is 470 g/mol. The first-order valence-electron chi connectivity index (χ1n) is 11.5. The largest absolute Gasteiger partial charge is 0.484 e. The molecule has 1 fully saturated rings. The summed E-state index contributed by atoms with van der Waals surface area (Å²) in [5.41, 5.74) is 1.81. The van der Waals surface area contributed by atoms with Crippen LogP contribution in [0.1, 0.15) is 52.0 Å². The lowest BCUT2D eigenvalue weighted by molar-refractivity contribution is -0.121. The number of hydrogen-bond acceptors (Lipinski definition) is 5. The second kappa shape index (κ2) is 11.3. The molecule has 0 bridgehead atoms. The molecule has 0 unspecified atom stereocenters. The third-order valence-electron chi connectivity index (χ3n) is 5.66. The van der Waals surface area contributed by atoms with Crippen molar-refractivity contribution in [1.29, 1.82) is 0 Å². The minimum absolute atomic E-state index is 0.0447. The van der Waals surface area contributed by atoms with Crippen molar-refractivity contribution in [3.63, 3.8) is 0 Å². The molecule has 184 valence electrons. The van der Waals surface area contributed by atoms with Gasteiger partial charge in [0.1, 0.15) is 5.75 Å². The number of thiocarbonyl (C=S) groups is 1. The highest BCUT2D eigenvalue weighted by Gasteiger charge is 2.25. The number of nitrogens with zero attached hydrogens (tertiary/aromatic N) is 1. The van der Waals surface area contributed by atoms with Crippen molar-refractivity contribution in [2.45, 2.75) is 56.8 Å². The molecule has 1 heterocycles. The van der Waals surface area contributed by atoms with E-state index >= 15 is 0 Å². The lowest BCUT2D eigenvalue weighted by Gasteiger charge is -2.20. The summed E-state index contributed by atoms with van der Waals surface area (Å²) < 4.78 is 32.9. The summed E-state index contributed by atoms with van der Waals surface area (Å²) in [4.78, 5) is 12.4. The molecule has 1 saturated heterocycles. The summed E-state index contributed by atoms with van der Waals surface area (Å²) in [6, 6.07) is 14.0. The summed E-state index contributed by atoms with van der Waals surface area (Å²) in [5.74, 6) is 0.209. The fraction of sp³-hybridized carbons (Fsp3) is 0.440. The molecule has 1 aliphatic heterocycles. The van der Waals surface area contributed by atoms with E-state index in [4.69, 9.17) is 17.0 Å². The van der Waals surface area contributed by atoms with E-state index in [0.717, 1.165) is 25.7 Å². The van der Waals surface area contributed by atoms with Gasteiger partial charge < -0.3 is 10.1 Å². The lowest BCUT2D eigenvalue weighted by Crippen LogP contribution is -2.37. The molecule has 0 saturated carbocycles. The summed E-state index contributed by atoms with van der Waals surface area (Å²) in [7, 11) is -3.51. The lowest BCUT2D eigenvalue weighted by atomic mass is 9.87. The number of carbonyl (C=O) groups is 1. The maximum atomic E-state index is 12.9. The zero-order valence-corrected chi connectivity index (χ0v) is 21.6.